The fourth-order valence-corrected chi connectivity index (χ4v) is 2.80. The zero-order chi connectivity index (χ0) is 11.4. The average Bonchev–Trinajstić information content (AvgIpc) is 2.76. The number of aryl methyl sites for hydroxylation is 1. The molecule has 0 amide bonds. The SMILES string of the molecule is CNCCCc1nc2c(c(OC)n1)CSC2. The van der Waals surface area contributed by atoms with Crippen molar-refractivity contribution in [2.45, 2.75) is 24.3 Å². The van der Waals surface area contributed by atoms with Crippen molar-refractivity contribution in [3.8, 4) is 5.88 Å². The van der Waals surface area contributed by atoms with E-state index in [4.69, 9.17) is 4.74 Å². The third kappa shape index (κ3) is 2.47. The Kier molecular flexibility index (Phi) is 4.01. The molecule has 1 aliphatic rings. The first kappa shape index (κ1) is 11.7. The highest BCUT2D eigenvalue weighted by Crippen LogP contribution is 2.33. The third-order valence-corrected chi connectivity index (χ3v) is 3.58. The summed E-state index contributed by atoms with van der Waals surface area (Å²) >= 11 is 1.87. The second-order valence-corrected chi connectivity index (χ2v) is 4.76. The van der Waals surface area contributed by atoms with Gasteiger partial charge in [0.25, 0.3) is 0 Å². The Morgan fingerprint density at radius 3 is 3.00 bits per heavy atom. The van der Waals surface area contributed by atoms with Crippen LogP contribution in [0.15, 0.2) is 0 Å². The normalized spacial score (nSPS) is 13.9. The summed E-state index contributed by atoms with van der Waals surface area (Å²) in [7, 11) is 3.64. The molecular weight excluding hydrogens is 222 g/mol. The van der Waals surface area contributed by atoms with Gasteiger partial charge in [-0.3, -0.25) is 0 Å². The van der Waals surface area contributed by atoms with E-state index in [1.54, 1.807) is 7.11 Å². The van der Waals surface area contributed by atoms with Crippen LogP contribution in [-0.4, -0.2) is 30.7 Å². The van der Waals surface area contributed by atoms with Crippen molar-refractivity contribution < 1.29 is 4.74 Å². The summed E-state index contributed by atoms with van der Waals surface area (Å²) in [6.07, 6.45) is 1.97. The molecule has 0 radical (unpaired) electrons. The first-order valence-corrected chi connectivity index (χ1v) is 6.65. The van der Waals surface area contributed by atoms with Gasteiger partial charge in [0.05, 0.1) is 12.8 Å². The molecule has 0 aliphatic carbocycles. The summed E-state index contributed by atoms with van der Waals surface area (Å²) in [5, 5.41) is 3.13. The van der Waals surface area contributed by atoms with Gasteiger partial charge in [0.15, 0.2) is 0 Å². The number of methoxy groups -OCH3 is 1. The van der Waals surface area contributed by atoms with E-state index in [-0.39, 0.29) is 0 Å². The monoisotopic (exact) mass is 239 g/mol. The highest BCUT2D eigenvalue weighted by atomic mass is 32.2. The lowest BCUT2D eigenvalue weighted by Crippen LogP contribution is -2.10. The molecular formula is C11H17N3OS. The number of fused-ring (bicyclic) bond motifs is 1. The molecule has 1 aromatic heterocycles. The van der Waals surface area contributed by atoms with E-state index in [9.17, 15) is 0 Å². The van der Waals surface area contributed by atoms with Crippen molar-refractivity contribution >= 4 is 11.8 Å². The van der Waals surface area contributed by atoms with Crippen molar-refractivity contribution in [2.75, 3.05) is 20.7 Å². The van der Waals surface area contributed by atoms with Gasteiger partial charge in [-0.1, -0.05) is 0 Å². The molecule has 1 aliphatic heterocycles. The van der Waals surface area contributed by atoms with Gasteiger partial charge in [-0.2, -0.15) is 16.7 Å². The first-order chi connectivity index (χ1) is 7.85. The van der Waals surface area contributed by atoms with Gasteiger partial charge in [0, 0.05) is 23.5 Å². The Bertz CT molecular complexity index is 370. The maximum absolute atomic E-state index is 5.32. The van der Waals surface area contributed by atoms with Gasteiger partial charge in [-0.15, -0.1) is 0 Å². The molecule has 0 spiro atoms. The molecule has 5 heteroatoms. The quantitative estimate of drug-likeness (QED) is 0.787. The van der Waals surface area contributed by atoms with Gasteiger partial charge >= 0.3 is 0 Å². The number of ether oxygens (including phenoxy) is 1. The molecule has 16 heavy (non-hydrogen) atoms. The maximum atomic E-state index is 5.32. The topological polar surface area (TPSA) is 47.0 Å². The zero-order valence-electron chi connectivity index (χ0n) is 9.75. The Balaban J connectivity index is 2.14. The molecule has 0 unspecified atom stereocenters. The number of aromatic nitrogens is 2. The van der Waals surface area contributed by atoms with Crippen LogP contribution in [0.5, 0.6) is 5.88 Å². The molecule has 0 saturated heterocycles. The average molecular weight is 239 g/mol. The summed E-state index contributed by atoms with van der Waals surface area (Å²) in [6, 6.07) is 0. The van der Waals surface area contributed by atoms with Crippen LogP contribution in [0.25, 0.3) is 0 Å². The lowest BCUT2D eigenvalue weighted by molar-refractivity contribution is 0.390. The molecule has 0 aromatic carbocycles. The second kappa shape index (κ2) is 5.50. The van der Waals surface area contributed by atoms with Crippen molar-refractivity contribution in [1.29, 1.82) is 0 Å². The first-order valence-electron chi connectivity index (χ1n) is 5.50. The van der Waals surface area contributed by atoms with E-state index in [1.165, 1.54) is 5.56 Å². The lowest BCUT2D eigenvalue weighted by Gasteiger charge is -2.08. The van der Waals surface area contributed by atoms with E-state index < -0.39 is 0 Å². The van der Waals surface area contributed by atoms with Crippen molar-refractivity contribution in [1.82, 2.24) is 15.3 Å². The van der Waals surface area contributed by atoms with Crippen molar-refractivity contribution in [3.63, 3.8) is 0 Å². The van der Waals surface area contributed by atoms with Gasteiger partial charge in [-0.05, 0) is 20.0 Å². The summed E-state index contributed by atoms with van der Waals surface area (Å²) in [6.45, 7) is 0.998. The highest BCUT2D eigenvalue weighted by molar-refractivity contribution is 7.98. The minimum atomic E-state index is 0.773. The number of rotatable bonds is 5. The van der Waals surface area contributed by atoms with Crippen LogP contribution in [-0.2, 0) is 17.9 Å². The number of nitrogens with one attached hydrogen (secondary N) is 1. The van der Waals surface area contributed by atoms with E-state index in [2.05, 4.69) is 15.3 Å². The van der Waals surface area contributed by atoms with Gasteiger partial charge in [0.1, 0.15) is 5.82 Å². The molecule has 2 rings (SSSR count). The Morgan fingerprint density at radius 2 is 2.25 bits per heavy atom. The van der Waals surface area contributed by atoms with E-state index >= 15 is 0 Å². The smallest absolute Gasteiger partial charge is 0.220 e. The predicted molar refractivity (Wildman–Crippen MR) is 65.8 cm³/mol. The molecule has 1 N–H and O–H groups in total. The number of hydrogen-bond donors (Lipinski definition) is 1. The molecule has 0 fully saturated rings. The zero-order valence-corrected chi connectivity index (χ0v) is 10.6. The molecule has 0 bridgehead atoms. The minimum Gasteiger partial charge on any atom is -0.481 e. The fourth-order valence-electron chi connectivity index (χ4n) is 1.77. The molecule has 2 heterocycles. The van der Waals surface area contributed by atoms with Crippen LogP contribution in [0.3, 0.4) is 0 Å². The summed E-state index contributed by atoms with van der Waals surface area (Å²) in [5.41, 5.74) is 2.35. The summed E-state index contributed by atoms with van der Waals surface area (Å²) in [4.78, 5) is 9.05. The minimum absolute atomic E-state index is 0.773. The van der Waals surface area contributed by atoms with Gasteiger partial charge in [-0.25, -0.2) is 4.98 Å². The number of nitrogens with zero attached hydrogens (tertiary/aromatic N) is 2. The van der Waals surface area contributed by atoms with Crippen LogP contribution in [0, 0.1) is 0 Å². The molecule has 4 nitrogen and oxygen atoms in total. The van der Waals surface area contributed by atoms with E-state index in [0.29, 0.717) is 0 Å². The molecule has 88 valence electrons. The summed E-state index contributed by atoms with van der Waals surface area (Å²) in [5.74, 6) is 3.66. The third-order valence-electron chi connectivity index (χ3n) is 2.61. The second-order valence-electron chi connectivity index (χ2n) is 3.77. The molecule has 0 saturated carbocycles. The fraction of sp³-hybridized carbons (Fsp3) is 0.636. The van der Waals surface area contributed by atoms with Crippen LogP contribution < -0.4 is 10.1 Å². The Hall–Kier alpha value is -0.810. The van der Waals surface area contributed by atoms with Crippen LogP contribution in [0.1, 0.15) is 23.5 Å². The van der Waals surface area contributed by atoms with Crippen molar-refractivity contribution in [3.05, 3.63) is 17.1 Å². The predicted octanol–water partition coefficient (Wildman–Crippen LogP) is 1.38. The number of hydrogen-bond acceptors (Lipinski definition) is 5. The molecule has 1 aromatic rings. The standard InChI is InChI=1S/C11H17N3OS/c1-12-5-3-4-10-13-9-7-16-6-8(9)11(14-10)15-2/h12H,3-7H2,1-2H3. The highest BCUT2D eigenvalue weighted by Gasteiger charge is 2.19. The van der Waals surface area contributed by atoms with Gasteiger partial charge < -0.3 is 10.1 Å². The van der Waals surface area contributed by atoms with Crippen LogP contribution >= 0.6 is 11.8 Å². The van der Waals surface area contributed by atoms with Crippen LogP contribution in [0.4, 0.5) is 0 Å². The van der Waals surface area contributed by atoms with Crippen LogP contribution in [0.2, 0.25) is 0 Å². The Morgan fingerprint density at radius 1 is 1.38 bits per heavy atom. The summed E-state index contributed by atoms with van der Waals surface area (Å²) < 4.78 is 5.32. The number of thioether (sulfide) groups is 1. The largest absolute Gasteiger partial charge is 0.481 e. The van der Waals surface area contributed by atoms with E-state index in [0.717, 1.165) is 48.3 Å². The maximum Gasteiger partial charge on any atom is 0.220 e. The Labute approximate surface area is 100 Å². The van der Waals surface area contributed by atoms with Crippen molar-refractivity contribution in [2.24, 2.45) is 0 Å². The molecule has 0 atom stereocenters. The van der Waals surface area contributed by atoms with Gasteiger partial charge in [0.2, 0.25) is 5.88 Å². The lowest BCUT2D eigenvalue weighted by atomic mass is 10.2. The van der Waals surface area contributed by atoms with E-state index in [1.807, 2.05) is 18.8 Å².